The molecule has 0 N–H and O–H groups in total. The summed E-state index contributed by atoms with van der Waals surface area (Å²) < 4.78 is 32.4. The first-order valence-corrected chi connectivity index (χ1v) is 12.1. The molecule has 2 aromatic rings. The Morgan fingerprint density at radius 2 is 1.79 bits per heavy atom. The Morgan fingerprint density at radius 1 is 1.00 bits per heavy atom. The van der Waals surface area contributed by atoms with Gasteiger partial charge in [0.15, 0.2) is 11.6 Å². The van der Waals surface area contributed by atoms with Gasteiger partial charge in [-0.05, 0) is 55.4 Å². The van der Waals surface area contributed by atoms with Crippen LogP contribution >= 0.6 is 0 Å². The average Bonchev–Trinajstić information content (AvgIpc) is 2.86. The lowest BCUT2D eigenvalue weighted by atomic mass is 9.83. The molecule has 0 saturated carbocycles. The van der Waals surface area contributed by atoms with Crippen LogP contribution in [0.2, 0.25) is 0 Å². The van der Waals surface area contributed by atoms with Gasteiger partial charge in [0.25, 0.3) is 0 Å². The largest absolute Gasteiger partial charge is 0.466 e. The second kappa shape index (κ2) is 11.1. The fraction of sp³-hybridized carbons (Fsp3) is 0.481. The number of hydrogen-bond donors (Lipinski definition) is 0. The van der Waals surface area contributed by atoms with Crippen molar-refractivity contribution in [3.05, 3.63) is 71.3 Å². The molecular formula is C27H32F2N2O3. The van der Waals surface area contributed by atoms with Gasteiger partial charge in [0.2, 0.25) is 5.91 Å². The molecule has 2 heterocycles. The number of hydrogen-bond acceptors (Lipinski definition) is 4. The number of amides is 1. The summed E-state index contributed by atoms with van der Waals surface area (Å²) in [7, 11) is 0. The van der Waals surface area contributed by atoms with Crippen LogP contribution in [0.15, 0.2) is 48.5 Å². The molecule has 0 bridgehead atoms. The van der Waals surface area contributed by atoms with E-state index in [9.17, 15) is 18.4 Å². The summed E-state index contributed by atoms with van der Waals surface area (Å²) in [5.41, 5.74) is 1.84. The predicted molar refractivity (Wildman–Crippen MR) is 125 cm³/mol. The zero-order valence-corrected chi connectivity index (χ0v) is 19.6. The monoisotopic (exact) mass is 470 g/mol. The van der Waals surface area contributed by atoms with Crippen molar-refractivity contribution in [1.82, 2.24) is 9.80 Å². The van der Waals surface area contributed by atoms with E-state index in [1.807, 2.05) is 23.1 Å². The van der Waals surface area contributed by atoms with Crippen LogP contribution in [-0.4, -0.2) is 54.5 Å². The van der Waals surface area contributed by atoms with E-state index in [0.29, 0.717) is 38.3 Å². The second-order valence-electron chi connectivity index (χ2n) is 9.36. The Balaban J connectivity index is 1.51. The van der Waals surface area contributed by atoms with Crippen LogP contribution in [0.4, 0.5) is 8.78 Å². The van der Waals surface area contributed by atoms with Gasteiger partial charge in [-0.3, -0.25) is 14.5 Å². The van der Waals surface area contributed by atoms with Crippen molar-refractivity contribution >= 4 is 11.9 Å². The number of ether oxygens (including phenoxy) is 1. The highest BCUT2D eigenvalue weighted by molar-refractivity contribution is 5.81. The standard InChI is InChI=1S/C27H32F2N2O3/c1-2-34-27(33)21-9-6-12-31(18-21)26(32)23-14-22(20-7-4-3-5-8-20)16-30(17-23)15-19-10-11-24(28)25(29)13-19/h3-5,7-8,10-11,13,21-23H,2,6,9,12,14-18H2,1H3. The van der Waals surface area contributed by atoms with E-state index in [-0.39, 0.29) is 29.6 Å². The lowest BCUT2D eigenvalue weighted by Crippen LogP contribution is -2.50. The molecule has 2 aromatic carbocycles. The van der Waals surface area contributed by atoms with Gasteiger partial charge in [-0.2, -0.15) is 0 Å². The molecule has 2 aliphatic rings. The number of rotatable bonds is 6. The first kappa shape index (κ1) is 24.3. The van der Waals surface area contributed by atoms with E-state index in [4.69, 9.17) is 4.74 Å². The number of nitrogens with zero attached hydrogens (tertiary/aromatic N) is 2. The van der Waals surface area contributed by atoms with E-state index in [1.54, 1.807) is 13.0 Å². The highest BCUT2D eigenvalue weighted by Crippen LogP contribution is 2.33. The summed E-state index contributed by atoms with van der Waals surface area (Å²) >= 11 is 0. The van der Waals surface area contributed by atoms with Gasteiger partial charge in [-0.1, -0.05) is 36.4 Å². The number of piperidine rings is 2. The Labute approximate surface area is 199 Å². The number of esters is 1. The summed E-state index contributed by atoms with van der Waals surface area (Å²) in [6.07, 6.45) is 2.24. The number of carbonyl (C=O) groups excluding carboxylic acids is 2. The summed E-state index contributed by atoms with van der Waals surface area (Å²) in [5.74, 6) is -2.25. The minimum Gasteiger partial charge on any atom is -0.466 e. The number of carbonyl (C=O) groups is 2. The van der Waals surface area contributed by atoms with Crippen LogP contribution in [-0.2, 0) is 20.9 Å². The van der Waals surface area contributed by atoms with Gasteiger partial charge in [-0.25, -0.2) is 8.78 Å². The molecule has 0 aliphatic carbocycles. The summed E-state index contributed by atoms with van der Waals surface area (Å²) in [4.78, 5) is 29.8. The average molecular weight is 471 g/mol. The van der Waals surface area contributed by atoms with Crippen LogP contribution in [0.5, 0.6) is 0 Å². The molecule has 1 amide bonds. The molecule has 3 unspecified atom stereocenters. The summed E-state index contributed by atoms with van der Waals surface area (Å²) in [5, 5.41) is 0. The molecule has 4 rings (SSSR count). The van der Waals surface area contributed by atoms with Crippen molar-refractivity contribution < 1.29 is 23.1 Å². The van der Waals surface area contributed by atoms with Gasteiger partial charge in [0, 0.05) is 32.7 Å². The Morgan fingerprint density at radius 3 is 2.53 bits per heavy atom. The fourth-order valence-electron chi connectivity index (χ4n) is 5.25. The van der Waals surface area contributed by atoms with Gasteiger partial charge < -0.3 is 9.64 Å². The maximum atomic E-state index is 13.8. The van der Waals surface area contributed by atoms with E-state index in [1.165, 1.54) is 11.6 Å². The van der Waals surface area contributed by atoms with E-state index in [0.717, 1.165) is 31.9 Å². The van der Waals surface area contributed by atoms with Crippen LogP contribution in [0.3, 0.4) is 0 Å². The quantitative estimate of drug-likeness (QED) is 0.589. The molecule has 0 spiro atoms. The molecule has 0 radical (unpaired) electrons. The minimum absolute atomic E-state index is 0.0601. The minimum atomic E-state index is -0.862. The zero-order valence-electron chi connectivity index (χ0n) is 19.6. The summed E-state index contributed by atoms with van der Waals surface area (Å²) in [6, 6.07) is 14.1. The van der Waals surface area contributed by atoms with Crippen molar-refractivity contribution in [2.75, 3.05) is 32.8 Å². The molecule has 2 aliphatic heterocycles. The second-order valence-corrected chi connectivity index (χ2v) is 9.36. The molecule has 0 aromatic heterocycles. The van der Waals surface area contributed by atoms with Crippen molar-refractivity contribution in [3.8, 4) is 0 Å². The third-order valence-electron chi connectivity index (χ3n) is 6.89. The van der Waals surface area contributed by atoms with Crippen LogP contribution < -0.4 is 0 Å². The third-order valence-corrected chi connectivity index (χ3v) is 6.89. The smallest absolute Gasteiger partial charge is 0.310 e. The van der Waals surface area contributed by atoms with Gasteiger partial charge in [0.1, 0.15) is 0 Å². The Kier molecular flexibility index (Phi) is 7.93. The zero-order chi connectivity index (χ0) is 24.1. The maximum absolute atomic E-state index is 13.8. The molecular weight excluding hydrogens is 438 g/mol. The van der Waals surface area contributed by atoms with Crippen molar-refractivity contribution in [2.24, 2.45) is 11.8 Å². The van der Waals surface area contributed by atoms with Crippen molar-refractivity contribution in [2.45, 2.75) is 38.6 Å². The van der Waals surface area contributed by atoms with Crippen LogP contribution in [0.25, 0.3) is 0 Å². The van der Waals surface area contributed by atoms with Gasteiger partial charge in [0.05, 0.1) is 18.4 Å². The lowest BCUT2D eigenvalue weighted by Gasteiger charge is -2.41. The molecule has 2 saturated heterocycles. The van der Waals surface area contributed by atoms with Crippen LogP contribution in [0, 0.1) is 23.5 Å². The van der Waals surface area contributed by atoms with Crippen molar-refractivity contribution in [3.63, 3.8) is 0 Å². The molecule has 3 atom stereocenters. The van der Waals surface area contributed by atoms with Crippen molar-refractivity contribution in [1.29, 1.82) is 0 Å². The van der Waals surface area contributed by atoms with E-state index in [2.05, 4.69) is 17.0 Å². The number of likely N-dealkylation sites (tertiary alicyclic amines) is 2. The normalized spacial score (nSPS) is 23.5. The van der Waals surface area contributed by atoms with Gasteiger partial charge in [-0.15, -0.1) is 0 Å². The Bertz CT molecular complexity index is 1000. The first-order valence-electron chi connectivity index (χ1n) is 12.1. The summed E-state index contributed by atoms with van der Waals surface area (Å²) in [6.45, 7) is 4.88. The number of benzene rings is 2. The predicted octanol–water partition coefficient (Wildman–Crippen LogP) is 4.37. The fourth-order valence-corrected chi connectivity index (χ4v) is 5.25. The molecule has 2 fully saturated rings. The SMILES string of the molecule is CCOC(=O)C1CCCN(C(=O)C2CC(c3ccccc3)CN(Cc3ccc(F)c(F)c3)C2)C1. The van der Waals surface area contributed by atoms with Crippen LogP contribution in [0.1, 0.15) is 43.2 Å². The Hall–Kier alpha value is -2.80. The molecule has 7 heteroatoms. The van der Waals surface area contributed by atoms with E-state index >= 15 is 0 Å². The third kappa shape index (κ3) is 5.81. The van der Waals surface area contributed by atoms with E-state index < -0.39 is 11.6 Å². The lowest BCUT2D eigenvalue weighted by molar-refractivity contribution is -0.152. The number of halogens is 2. The maximum Gasteiger partial charge on any atom is 0.310 e. The molecule has 182 valence electrons. The topological polar surface area (TPSA) is 49.9 Å². The van der Waals surface area contributed by atoms with Gasteiger partial charge >= 0.3 is 5.97 Å². The molecule has 34 heavy (non-hydrogen) atoms. The highest BCUT2D eigenvalue weighted by atomic mass is 19.2. The molecule has 5 nitrogen and oxygen atoms in total. The first-order chi connectivity index (χ1) is 16.4. The highest BCUT2D eigenvalue weighted by Gasteiger charge is 2.37.